The van der Waals surface area contributed by atoms with E-state index in [4.69, 9.17) is 4.74 Å². The first kappa shape index (κ1) is 11.5. The molecule has 1 aliphatic carbocycles. The van der Waals surface area contributed by atoms with Crippen molar-refractivity contribution in [1.29, 1.82) is 0 Å². The van der Waals surface area contributed by atoms with Crippen molar-refractivity contribution in [2.24, 2.45) is 5.92 Å². The van der Waals surface area contributed by atoms with Crippen LogP contribution >= 0.6 is 0 Å². The van der Waals surface area contributed by atoms with Crippen molar-refractivity contribution in [2.75, 3.05) is 6.61 Å². The maximum atomic E-state index is 9.25. The number of hydrogen-bond donors (Lipinski definition) is 1. The van der Waals surface area contributed by atoms with Crippen LogP contribution in [0.25, 0.3) is 0 Å². The van der Waals surface area contributed by atoms with Crippen LogP contribution in [0.2, 0.25) is 0 Å². The first-order valence-corrected chi connectivity index (χ1v) is 6.14. The second-order valence-corrected chi connectivity index (χ2v) is 4.78. The largest absolute Gasteiger partial charge is 0.494 e. The molecule has 0 spiro atoms. The van der Waals surface area contributed by atoms with E-state index in [1.54, 1.807) is 6.92 Å². The first-order valence-electron chi connectivity index (χ1n) is 6.14. The normalized spacial score (nSPS) is 17.1. The van der Waals surface area contributed by atoms with Gasteiger partial charge in [0.2, 0.25) is 0 Å². The van der Waals surface area contributed by atoms with Gasteiger partial charge in [-0.05, 0) is 43.4 Å². The molecule has 88 valence electrons. The van der Waals surface area contributed by atoms with Crippen LogP contribution in [0.4, 0.5) is 0 Å². The maximum Gasteiger partial charge on any atom is 0.119 e. The predicted molar refractivity (Wildman–Crippen MR) is 64.7 cm³/mol. The van der Waals surface area contributed by atoms with Crippen LogP contribution in [0.5, 0.6) is 5.75 Å². The molecular formula is C14H20O2. The number of rotatable bonds is 6. The molecule has 1 unspecified atom stereocenters. The van der Waals surface area contributed by atoms with Gasteiger partial charge in [0.15, 0.2) is 0 Å². The van der Waals surface area contributed by atoms with Gasteiger partial charge in [0.1, 0.15) is 5.75 Å². The molecule has 1 aromatic carbocycles. The molecule has 0 saturated heterocycles. The summed E-state index contributed by atoms with van der Waals surface area (Å²) < 4.78 is 5.65. The number of benzene rings is 1. The highest BCUT2D eigenvalue weighted by Crippen LogP contribution is 2.32. The minimum Gasteiger partial charge on any atom is -0.494 e. The Hall–Kier alpha value is -1.02. The Bertz CT molecular complexity index is 312. The third kappa shape index (κ3) is 3.86. The highest BCUT2D eigenvalue weighted by molar-refractivity contribution is 5.27. The van der Waals surface area contributed by atoms with Gasteiger partial charge in [-0.3, -0.25) is 0 Å². The van der Waals surface area contributed by atoms with E-state index >= 15 is 0 Å². The standard InChI is InChI=1S/C14H20O2/c1-11(15)10-13-4-6-14(7-5-13)16-9-8-12-2-3-12/h4-7,11-12,15H,2-3,8-10H2,1H3. The Morgan fingerprint density at radius 3 is 2.56 bits per heavy atom. The Morgan fingerprint density at radius 2 is 2.00 bits per heavy atom. The van der Waals surface area contributed by atoms with Crippen LogP contribution in [-0.2, 0) is 6.42 Å². The minimum atomic E-state index is -0.276. The summed E-state index contributed by atoms with van der Waals surface area (Å²) in [6.45, 7) is 2.64. The molecule has 2 nitrogen and oxygen atoms in total. The summed E-state index contributed by atoms with van der Waals surface area (Å²) >= 11 is 0. The smallest absolute Gasteiger partial charge is 0.119 e. The number of ether oxygens (including phenoxy) is 1. The van der Waals surface area contributed by atoms with Crippen molar-refractivity contribution < 1.29 is 9.84 Å². The number of aliphatic hydroxyl groups is 1. The number of aliphatic hydroxyl groups excluding tert-OH is 1. The average molecular weight is 220 g/mol. The van der Waals surface area contributed by atoms with E-state index < -0.39 is 0 Å². The van der Waals surface area contributed by atoms with E-state index in [9.17, 15) is 5.11 Å². The SMILES string of the molecule is CC(O)Cc1ccc(OCCC2CC2)cc1. The second-order valence-electron chi connectivity index (χ2n) is 4.78. The average Bonchev–Trinajstić information content (AvgIpc) is 3.04. The molecule has 1 aromatic rings. The Morgan fingerprint density at radius 1 is 1.31 bits per heavy atom. The molecule has 1 N–H and O–H groups in total. The zero-order valence-corrected chi connectivity index (χ0v) is 9.86. The quantitative estimate of drug-likeness (QED) is 0.798. The van der Waals surface area contributed by atoms with Crippen molar-refractivity contribution in [3.63, 3.8) is 0 Å². The van der Waals surface area contributed by atoms with Gasteiger partial charge in [0, 0.05) is 0 Å². The van der Waals surface area contributed by atoms with Gasteiger partial charge < -0.3 is 9.84 Å². The molecule has 1 aliphatic rings. The van der Waals surface area contributed by atoms with Crippen LogP contribution in [0, 0.1) is 5.92 Å². The zero-order valence-electron chi connectivity index (χ0n) is 9.86. The molecule has 0 amide bonds. The molecule has 16 heavy (non-hydrogen) atoms. The van der Waals surface area contributed by atoms with E-state index in [0.29, 0.717) is 6.42 Å². The van der Waals surface area contributed by atoms with Gasteiger partial charge in [-0.2, -0.15) is 0 Å². The zero-order chi connectivity index (χ0) is 11.4. The molecule has 0 radical (unpaired) electrons. The molecular weight excluding hydrogens is 200 g/mol. The van der Waals surface area contributed by atoms with Gasteiger partial charge in [-0.1, -0.05) is 25.0 Å². The highest BCUT2D eigenvalue weighted by Gasteiger charge is 2.20. The molecule has 1 atom stereocenters. The Balaban J connectivity index is 1.76. The van der Waals surface area contributed by atoms with Crippen LogP contribution in [0.1, 0.15) is 31.7 Å². The first-order chi connectivity index (χ1) is 7.74. The molecule has 0 aromatic heterocycles. The van der Waals surface area contributed by atoms with Crippen molar-refractivity contribution in [3.8, 4) is 5.75 Å². The van der Waals surface area contributed by atoms with Crippen molar-refractivity contribution in [2.45, 2.75) is 38.7 Å². The summed E-state index contributed by atoms with van der Waals surface area (Å²) in [5.74, 6) is 1.87. The summed E-state index contributed by atoms with van der Waals surface area (Å²) in [4.78, 5) is 0. The molecule has 1 saturated carbocycles. The van der Waals surface area contributed by atoms with Gasteiger partial charge >= 0.3 is 0 Å². The van der Waals surface area contributed by atoms with E-state index in [1.807, 2.05) is 24.3 Å². The Kier molecular flexibility index (Phi) is 3.83. The van der Waals surface area contributed by atoms with Crippen LogP contribution < -0.4 is 4.74 Å². The fraction of sp³-hybridized carbons (Fsp3) is 0.571. The topological polar surface area (TPSA) is 29.5 Å². The minimum absolute atomic E-state index is 0.276. The number of hydrogen-bond acceptors (Lipinski definition) is 2. The van der Waals surface area contributed by atoms with Crippen molar-refractivity contribution >= 4 is 0 Å². The fourth-order valence-corrected chi connectivity index (χ4v) is 1.81. The summed E-state index contributed by atoms with van der Waals surface area (Å²) in [5, 5.41) is 9.25. The lowest BCUT2D eigenvalue weighted by atomic mass is 10.1. The molecule has 2 rings (SSSR count). The molecule has 0 aliphatic heterocycles. The van der Waals surface area contributed by atoms with Gasteiger partial charge in [0.05, 0.1) is 12.7 Å². The summed E-state index contributed by atoms with van der Waals surface area (Å²) in [5.41, 5.74) is 1.16. The third-order valence-electron chi connectivity index (χ3n) is 2.95. The van der Waals surface area contributed by atoms with E-state index in [2.05, 4.69) is 0 Å². The van der Waals surface area contributed by atoms with E-state index in [0.717, 1.165) is 23.8 Å². The maximum absolute atomic E-state index is 9.25. The van der Waals surface area contributed by atoms with Crippen LogP contribution in [0.3, 0.4) is 0 Å². The lowest BCUT2D eigenvalue weighted by molar-refractivity contribution is 0.195. The summed E-state index contributed by atoms with van der Waals surface area (Å²) in [6.07, 6.45) is 4.40. The van der Waals surface area contributed by atoms with Crippen LogP contribution in [0.15, 0.2) is 24.3 Å². The second kappa shape index (κ2) is 5.35. The lowest BCUT2D eigenvalue weighted by Gasteiger charge is -2.07. The van der Waals surface area contributed by atoms with Crippen molar-refractivity contribution in [3.05, 3.63) is 29.8 Å². The monoisotopic (exact) mass is 220 g/mol. The Labute approximate surface area is 97.3 Å². The van der Waals surface area contributed by atoms with Gasteiger partial charge in [-0.15, -0.1) is 0 Å². The van der Waals surface area contributed by atoms with Crippen LogP contribution in [-0.4, -0.2) is 17.8 Å². The lowest BCUT2D eigenvalue weighted by Crippen LogP contribution is -2.04. The highest BCUT2D eigenvalue weighted by atomic mass is 16.5. The van der Waals surface area contributed by atoms with Gasteiger partial charge in [0.25, 0.3) is 0 Å². The van der Waals surface area contributed by atoms with Crippen molar-refractivity contribution in [1.82, 2.24) is 0 Å². The van der Waals surface area contributed by atoms with E-state index in [-0.39, 0.29) is 6.10 Å². The third-order valence-corrected chi connectivity index (χ3v) is 2.95. The summed E-state index contributed by atoms with van der Waals surface area (Å²) in [6, 6.07) is 8.04. The summed E-state index contributed by atoms with van der Waals surface area (Å²) in [7, 11) is 0. The molecule has 2 heteroatoms. The van der Waals surface area contributed by atoms with Gasteiger partial charge in [-0.25, -0.2) is 0 Å². The fourth-order valence-electron chi connectivity index (χ4n) is 1.81. The molecule has 0 bridgehead atoms. The predicted octanol–water partition coefficient (Wildman–Crippen LogP) is 2.79. The van der Waals surface area contributed by atoms with E-state index in [1.165, 1.54) is 19.3 Å². The molecule has 1 fully saturated rings. The molecule has 0 heterocycles.